The highest BCUT2D eigenvalue weighted by Crippen LogP contribution is 2.36. The molecule has 1 aromatic heterocycles. The Morgan fingerprint density at radius 2 is 2.10 bits per heavy atom. The maximum atomic E-state index is 4.41. The van der Waals surface area contributed by atoms with Crippen molar-refractivity contribution in [2.45, 2.75) is 52.0 Å². The normalized spacial score (nSPS) is 26.3. The van der Waals surface area contributed by atoms with Gasteiger partial charge in [-0.2, -0.15) is 0 Å². The molecule has 2 aliphatic rings. The lowest BCUT2D eigenvalue weighted by Crippen LogP contribution is -2.41. The van der Waals surface area contributed by atoms with Gasteiger partial charge in [0.05, 0.1) is 0 Å². The highest BCUT2D eigenvalue weighted by atomic mass is 15.1. The molecule has 3 rings (SSSR count). The number of likely N-dealkylation sites (tertiary alicyclic amines) is 1. The van der Waals surface area contributed by atoms with E-state index in [0.717, 1.165) is 37.2 Å². The summed E-state index contributed by atoms with van der Waals surface area (Å²) in [5.41, 5.74) is 1.40. The van der Waals surface area contributed by atoms with E-state index < -0.39 is 0 Å². The van der Waals surface area contributed by atoms with E-state index in [1.54, 1.807) is 0 Å². The Morgan fingerprint density at radius 3 is 2.95 bits per heavy atom. The molecule has 1 aromatic rings. The maximum Gasteiger partial charge on any atom is 0.126 e. The average molecular weight is 287 g/mol. The van der Waals surface area contributed by atoms with E-state index in [4.69, 9.17) is 0 Å². The first-order valence-corrected chi connectivity index (χ1v) is 8.76. The third-order valence-electron chi connectivity index (χ3n) is 5.16. The number of pyridine rings is 1. The van der Waals surface area contributed by atoms with Crippen molar-refractivity contribution >= 4 is 5.82 Å². The predicted octanol–water partition coefficient (Wildman–Crippen LogP) is 3.92. The van der Waals surface area contributed by atoms with Crippen LogP contribution in [0, 0.1) is 11.8 Å². The topological polar surface area (TPSA) is 28.2 Å². The molecule has 3 heteroatoms. The third-order valence-corrected chi connectivity index (χ3v) is 5.16. The first-order chi connectivity index (χ1) is 10.3. The number of piperidine rings is 1. The van der Waals surface area contributed by atoms with Gasteiger partial charge in [0.2, 0.25) is 0 Å². The molecule has 21 heavy (non-hydrogen) atoms. The molecular formula is C18H29N3. The number of hydrogen-bond acceptors (Lipinski definition) is 3. The van der Waals surface area contributed by atoms with Crippen LogP contribution in [-0.4, -0.2) is 29.5 Å². The number of nitrogens with zero attached hydrogens (tertiary/aromatic N) is 2. The zero-order chi connectivity index (χ0) is 14.5. The minimum absolute atomic E-state index is 0.965. The van der Waals surface area contributed by atoms with Crippen molar-refractivity contribution in [1.29, 1.82) is 0 Å². The lowest BCUT2D eigenvalue weighted by molar-refractivity contribution is 0.0820. The lowest BCUT2D eigenvalue weighted by atomic mass is 9.75. The average Bonchev–Trinajstić information content (AvgIpc) is 2.53. The summed E-state index contributed by atoms with van der Waals surface area (Å²) in [5.74, 6) is 3.02. The van der Waals surface area contributed by atoms with Crippen molar-refractivity contribution in [2.75, 3.05) is 25.0 Å². The van der Waals surface area contributed by atoms with Gasteiger partial charge >= 0.3 is 0 Å². The second kappa shape index (κ2) is 7.26. The standard InChI is InChI=1S/C18H29N3/c1-2-9-19-18-12-15(7-10-20-18)13-21-11-8-16-5-3-4-6-17(16)14-21/h7,10,12,16-17H,2-6,8-9,11,13-14H2,1H3,(H,19,20). The van der Waals surface area contributed by atoms with E-state index >= 15 is 0 Å². The molecule has 1 saturated carbocycles. The predicted molar refractivity (Wildman–Crippen MR) is 88.4 cm³/mol. The summed E-state index contributed by atoms with van der Waals surface area (Å²) in [6, 6.07) is 4.40. The summed E-state index contributed by atoms with van der Waals surface area (Å²) >= 11 is 0. The van der Waals surface area contributed by atoms with Crippen LogP contribution in [0.15, 0.2) is 18.3 Å². The van der Waals surface area contributed by atoms with Gasteiger partial charge in [-0.1, -0.05) is 26.2 Å². The van der Waals surface area contributed by atoms with Crippen molar-refractivity contribution < 1.29 is 0 Å². The molecule has 2 heterocycles. The SMILES string of the molecule is CCCNc1cc(CN2CCC3CCCCC3C2)ccn1. The molecule has 1 aliphatic heterocycles. The molecule has 1 aliphatic carbocycles. The number of aromatic nitrogens is 1. The van der Waals surface area contributed by atoms with Crippen LogP contribution in [0.4, 0.5) is 5.82 Å². The molecule has 0 radical (unpaired) electrons. The van der Waals surface area contributed by atoms with Crippen molar-refractivity contribution in [3.63, 3.8) is 0 Å². The van der Waals surface area contributed by atoms with Crippen LogP contribution < -0.4 is 5.32 Å². The highest BCUT2D eigenvalue weighted by molar-refractivity contribution is 5.37. The zero-order valence-electron chi connectivity index (χ0n) is 13.4. The van der Waals surface area contributed by atoms with Crippen LogP contribution in [0.1, 0.15) is 51.0 Å². The summed E-state index contributed by atoms with van der Waals surface area (Å²) in [6.45, 7) is 6.87. The fraction of sp³-hybridized carbons (Fsp3) is 0.722. The molecular weight excluding hydrogens is 258 g/mol. The van der Waals surface area contributed by atoms with Crippen LogP contribution >= 0.6 is 0 Å². The van der Waals surface area contributed by atoms with E-state index in [-0.39, 0.29) is 0 Å². The Kier molecular flexibility index (Phi) is 5.13. The molecule has 2 fully saturated rings. The minimum atomic E-state index is 0.965. The largest absolute Gasteiger partial charge is 0.370 e. The quantitative estimate of drug-likeness (QED) is 0.890. The minimum Gasteiger partial charge on any atom is -0.370 e. The third kappa shape index (κ3) is 3.97. The zero-order valence-corrected chi connectivity index (χ0v) is 13.4. The molecule has 1 saturated heterocycles. The van der Waals surface area contributed by atoms with Crippen molar-refractivity contribution in [3.05, 3.63) is 23.9 Å². The summed E-state index contributed by atoms with van der Waals surface area (Å²) in [5, 5.41) is 3.39. The molecule has 1 N–H and O–H groups in total. The second-order valence-corrected chi connectivity index (χ2v) is 6.80. The van der Waals surface area contributed by atoms with Gasteiger partial charge in [0.15, 0.2) is 0 Å². The monoisotopic (exact) mass is 287 g/mol. The maximum absolute atomic E-state index is 4.41. The molecule has 0 aromatic carbocycles. The van der Waals surface area contributed by atoms with Crippen molar-refractivity contribution in [3.8, 4) is 0 Å². The Hall–Kier alpha value is -1.09. The lowest BCUT2D eigenvalue weighted by Gasteiger charge is -2.41. The number of hydrogen-bond donors (Lipinski definition) is 1. The summed E-state index contributed by atoms with van der Waals surface area (Å²) in [6.07, 6.45) is 10.4. The van der Waals surface area contributed by atoms with Crippen LogP contribution in [0.3, 0.4) is 0 Å². The van der Waals surface area contributed by atoms with Gasteiger partial charge in [-0.25, -0.2) is 4.98 Å². The highest BCUT2D eigenvalue weighted by Gasteiger charge is 2.30. The van der Waals surface area contributed by atoms with E-state index in [1.807, 2.05) is 6.20 Å². The van der Waals surface area contributed by atoms with Gasteiger partial charge in [0, 0.05) is 25.8 Å². The molecule has 3 nitrogen and oxygen atoms in total. The van der Waals surface area contributed by atoms with E-state index in [0.29, 0.717) is 0 Å². The number of anilines is 1. The van der Waals surface area contributed by atoms with Crippen LogP contribution in [0.2, 0.25) is 0 Å². The first kappa shape index (κ1) is 14.8. The fourth-order valence-corrected chi connectivity index (χ4v) is 4.00. The van der Waals surface area contributed by atoms with Crippen LogP contribution in [-0.2, 0) is 6.54 Å². The van der Waals surface area contributed by atoms with Gasteiger partial charge in [-0.15, -0.1) is 0 Å². The van der Waals surface area contributed by atoms with E-state index in [1.165, 1.54) is 50.8 Å². The molecule has 0 spiro atoms. The Morgan fingerprint density at radius 1 is 1.24 bits per heavy atom. The molecule has 0 bridgehead atoms. The Balaban J connectivity index is 1.56. The fourth-order valence-electron chi connectivity index (χ4n) is 4.00. The first-order valence-electron chi connectivity index (χ1n) is 8.76. The molecule has 2 unspecified atom stereocenters. The molecule has 116 valence electrons. The Bertz CT molecular complexity index is 446. The summed E-state index contributed by atoms with van der Waals surface area (Å²) in [4.78, 5) is 7.06. The van der Waals surface area contributed by atoms with Crippen LogP contribution in [0.5, 0.6) is 0 Å². The van der Waals surface area contributed by atoms with Gasteiger partial charge in [-0.05, 0) is 55.3 Å². The Labute approximate surface area is 129 Å². The van der Waals surface area contributed by atoms with Crippen LogP contribution in [0.25, 0.3) is 0 Å². The summed E-state index contributed by atoms with van der Waals surface area (Å²) in [7, 11) is 0. The van der Waals surface area contributed by atoms with E-state index in [9.17, 15) is 0 Å². The smallest absolute Gasteiger partial charge is 0.126 e. The number of nitrogens with one attached hydrogen (secondary N) is 1. The van der Waals surface area contributed by atoms with Gasteiger partial charge in [-0.3, -0.25) is 4.90 Å². The summed E-state index contributed by atoms with van der Waals surface area (Å²) < 4.78 is 0. The molecule has 0 amide bonds. The van der Waals surface area contributed by atoms with Gasteiger partial charge in [0.1, 0.15) is 5.82 Å². The van der Waals surface area contributed by atoms with Crippen molar-refractivity contribution in [1.82, 2.24) is 9.88 Å². The van der Waals surface area contributed by atoms with Gasteiger partial charge in [0.25, 0.3) is 0 Å². The number of rotatable bonds is 5. The van der Waals surface area contributed by atoms with Crippen molar-refractivity contribution in [2.24, 2.45) is 11.8 Å². The van der Waals surface area contributed by atoms with E-state index in [2.05, 4.69) is 34.3 Å². The molecule has 2 atom stereocenters. The number of fused-ring (bicyclic) bond motifs is 1. The van der Waals surface area contributed by atoms with Gasteiger partial charge < -0.3 is 5.32 Å². The second-order valence-electron chi connectivity index (χ2n) is 6.80.